The number of nitrogens with zero attached hydrogens (tertiary/aromatic N) is 2. The fourth-order valence-corrected chi connectivity index (χ4v) is 3.19. The second-order valence-electron chi connectivity index (χ2n) is 5.80. The third kappa shape index (κ3) is 3.37. The number of piperidine rings is 1. The molecule has 2 rings (SSSR count). The Balaban J connectivity index is 2.06. The summed E-state index contributed by atoms with van der Waals surface area (Å²) in [7, 11) is 1.92. The molecule has 20 heavy (non-hydrogen) atoms. The lowest BCUT2D eigenvalue weighted by Gasteiger charge is -2.39. The number of nitrogens with one attached hydrogen (secondary N) is 1. The van der Waals surface area contributed by atoms with Crippen LogP contribution in [0.4, 0.5) is 0 Å². The molecule has 0 spiro atoms. The monoisotopic (exact) mass is 275 g/mol. The highest BCUT2D eigenvalue weighted by molar-refractivity contribution is 5.82. The van der Waals surface area contributed by atoms with Gasteiger partial charge >= 0.3 is 0 Å². The summed E-state index contributed by atoms with van der Waals surface area (Å²) in [6.45, 7) is 4.74. The number of carbonyl (C=O) groups excluding carboxylic acids is 1. The van der Waals surface area contributed by atoms with Crippen molar-refractivity contribution in [3.8, 4) is 0 Å². The van der Waals surface area contributed by atoms with Gasteiger partial charge in [-0.15, -0.1) is 0 Å². The molecule has 0 aromatic carbocycles. The third-order valence-electron chi connectivity index (χ3n) is 4.26. The van der Waals surface area contributed by atoms with E-state index in [4.69, 9.17) is 0 Å². The van der Waals surface area contributed by atoms with E-state index in [0.717, 1.165) is 44.3 Å². The zero-order chi connectivity index (χ0) is 14.4. The first-order valence-electron chi connectivity index (χ1n) is 7.53. The lowest BCUT2D eigenvalue weighted by atomic mass is 9.74. The van der Waals surface area contributed by atoms with Crippen LogP contribution in [0, 0.1) is 5.41 Å². The molecular formula is C16H25N3O. The van der Waals surface area contributed by atoms with Gasteiger partial charge in [-0.3, -0.25) is 9.78 Å². The molecule has 4 heteroatoms. The van der Waals surface area contributed by atoms with Crippen LogP contribution in [0.3, 0.4) is 0 Å². The van der Waals surface area contributed by atoms with Gasteiger partial charge in [-0.05, 0) is 50.0 Å². The highest BCUT2D eigenvalue weighted by Gasteiger charge is 2.40. The summed E-state index contributed by atoms with van der Waals surface area (Å²) < 4.78 is 0. The Bertz CT molecular complexity index is 421. The van der Waals surface area contributed by atoms with Crippen molar-refractivity contribution in [1.29, 1.82) is 0 Å². The Morgan fingerprint density at radius 1 is 1.35 bits per heavy atom. The SMILES string of the molecule is CCCC1(C(=O)N(C)Cc2ccncc2)CCNCC1. The quantitative estimate of drug-likeness (QED) is 0.896. The highest BCUT2D eigenvalue weighted by atomic mass is 16.2. The molecule has 0 radical (unpaired) electrons. The zero-order valence-corrected chi connectivity index (χ0v) is 12.6. The van der Waals surface area contributed by atoms with Crippen molar-refractivity contribution in [3.63, 3.8) is 0 Å². The van der Waals surface area contributed by atoms with Crippen molar-refractivity contribution in [3.05, 3.63) is 30.1 Å². The maximum Gasteiger partial charge on any atom is 0.228 e. The molecule has 0 bridgehead atoms. The Morgan fingerprint density at radius 3 is 2.60 bits per heavy atom. The maximum absolute atomic E-state index is 12.9. The smallest absolute Gasteiger partial charge is 0.228 e. The molecule has 0 saturated carbocycles. The van der Waals surface area contributed by atoms with Gasteiger partial charge in [0, 0.05) is 26.0 Å². The number of rotatable bonds is 5. The van der Waals surface area contributed by atoms with Crippen LogP contribution in [-0.2, 0) is 11.3 Å². The zero-order valence-electron chi connectivity index (χ0n) is 12.6. The Morgan fingerprint density at radius 2 is 2.00 bits per heavy atom. The first-order chi connectivity index (χ1) is 9.68. The van der Waals surface area contributed by atoms with Crippen molar-refractivity contribution in [2.45, 2.75) is 39.2 Å². The molecule has 4 nitrogen and oxygen atoms in total. The molecule has 1 aromatic heterocycles. The molecule has 110 valence electrons. The van der Waals surface area contributed by atoms with E-state index in [9.17, 15) is 4.79 Å². The van der Waals surface area contributed by atoms with Gasteiger partial charge in [0.25, 0.3) is 0 Å². The summed E-state index contributed by atoms with van der Waals surface area (Å²) in [6.07, 6.45) is 7.53. The Labute approximate surface area is 121 Å². The van der Waals surface area contributed by atoms with Gasteiger partial charge in [0.15, 0.2) is 0 Å². The molecule has 1 aromatic rings. The van der Waals surface area contributed by atoms with Crippen molar-refractivity contribution < 1.29 is 4.79 Å². The topological polar surface area (TPSA) is 45.2 Å². The van der Waals surface area contributed by atoms with Gasteiger partial charge < -0.3 is 10.2 Å². The van der Waals surface area contributed by atoms with Crippen molar-refractivity contribution in [2.75, 3.05) is 20.1 Å². The molecule has 1 N–H and O–H groups in total. The lowest BCUT2D eigenvalue weighted by molar-refractivity contribution is -0.143. The largest absolute Gasteiger partial charge is 0.341 e. The van der Waals surface area contributed by atoms with Crippen LogP contribution in [0.2, 0.25) is 0 Å². The van der Waals surface area contributed by atoms with E-state index in [0.29, 0.717) is 12.5 Å². The van der Waals surface area contributed by atoms with Crippen LogP contribution in [0.1, 0.15) is 38.2 Å². The highest BCUT2D eigenvalue weighted by Crippen LogP contribution is 2.36. The predicted molar refractivity (Wildman–Crippen MR) is 80.2 cm³/mol. The van der Waals surface area contributed by atoms with Crippen molar-refractivity contribution in [1.82, 2.24) is 15.2 Å². The van der Waals surface area contributed by atoms with Gasteiger partial charge in [-0.1, -0.05) is 13.3 Å². The van der Waals surface area contributed by atoms with Crippen molar-refractivity contribution >= 4 is 5.91 Å². The summed E-state index contributed by atoms with van der Waals surface area (Å²) in [5.74, 6) is 0.303. The van der Waals surface area contributed by atoms with Crippen molar-refractivity contribution in [2.24, 2.45) is 5.41 Å². The second kappa shape index (κ2) is 6.84. The molecule has 1 aliphatic heterocycles. The summed E-state index contributed by atoms with van der Waals surface area (Å²) in [6, 6.07) is 3.94. The van der Waals surface area contributed by atoms with E-state index in [1.165, 1.54) is 0 Å². The Kier molecular flexibility index (Phi) is 5.12. The molecular weight excluding hydrogens is 250 g/mol. The normalized spacial score (nSPS) is 17.7. The number of hydrogen-bond donors (Lipinski definition) is 1. The van der Waals surface area contributed by atoms with Crippen LogP contribution in [0.5, 0.6) is 0 Å². The molecule has 1 amide bonds. The molecule has 0 aliphatic carbocycles. The number of amides is 1. The molecule has 1 fully saturated rings. The van der Waals surface area contributed by atoms with Gasteiger partial charge in [0.2, 0.25) is 5.91 Å². The minimum Gasteiger partial charge on any atom is -0.341 e. The molecule has 1 aliphatic rings. The van der Waals surface area contributed by atoms with E-state index in [1.54, 1.807) is 12.4 Å². The molecule has 2 heterocycles. The predicted octanol–water partition coefficient (Wildman–Crippen LogP) is 2.21. The van der Waals surface area contributed by atoms with E-state index in [2.05, 4.69) is 17.2 Å². The van der Waals surface area contributed by atoms with Crippen LogP contribution < -0.4 is 5.32 Å². The van der Waals surface area contributed by atoms with Gasteiger partial charge in [-0.25, -0.2) is 0 Å². The standard InChI is InChI=1S/C16H25N3O/c1-3-6-16(7-11-18-12-8-16)15(20)19(2)13-14-4-9-17-10-5-14/h4-5,9-10,18H,3,6-8,11-13H2,1-2H3. The van der Waals surface area contributed by atoms with Crippen LogP contribution in [0.15, 0.2) is 24.5 Å². The molecule has 0 unspecified atom stereocenters. The number of pyridine rings is 1. The van der Waals surface area contributed by atoms with E-state index >= 15 is 0 Å². The Hall–Kier alpha value is -1.42. The van der Waals surface area contributed by atoms with E-state index < -0.39 is 0 Å². The van der Waals surface area contributed by atoms with Gasteiger partial charge in [0.1, 0.15) is 0 Å². The third-order valence-corrected chi connectivity index (χ3v) is 4.26. The summed E-state index contributed by atoms with van der Waals surface area (Å²) in [5.41, 5.74) is 0.985. The first kappa shape index (κ1) is 15.0. The number of aromatic nitrogens is 1. The minimum absolute atomic E-state index is 0.151. The number of hydrogen-bond acceptors (Lipinski definition) is 3. The lowest BCUT2D eigenvalue weighted by Crippen LogP contribution is -2.47. The fraction of sp³-hybridized carbons (Fsp3) is 0.625. The second-order valence-corrected chi connectivity index (χ2v) is 5.80. The van der Waals surface area contributed by atoms with Crippen LogP contribution in [0.25, 0.3) is 0 Å². The summed E-state index contributed by atoms with van der Waals surface area (Å²) in [5, 5.41) is 3.36. The van der Waals surface area contributed by atoms with Gasteiger partial charge in [0.05, 0.1) is 5.41 Å². The van der Waals surface area contributed by atoms with Crippen LogP contribution in [-0.4, -0.2) is 35.9 Å². The fourth-order valence-electron chi connectivity index (χ4n) is 3.19. The molecule has 1 saturated heterocycles. The summed E-state index contributed by atoms with van der Waals surface area (Å²) >= 11 is 0. The maximum atomic E-state index is 12.9. The van der Waals surface area contributed by atoms with Crippen LogP contribution >= 0.6 is 0 Å². The average Bonchev–Trinajstić information content (AvgIpc) is 2.48. The minimum atomic E-state index is -0.151. The van der Waals surface area contributed by atoms with E-state index in [1.807, 2.05) is 24.1 Å². The molecule has 0 atom stereocenters. The summed E-state index contributed by atoms with van der Waals surface area (Å²) in [4.78, 5) is 18.8. The van der Waals surface area contributed by atoms with Gasteiger partial charge in [-0.2, -0.15) is 0 Å². The average molecular weight is 275 g/mol. The van der Waals surface area contributed by atoms with E-state index in [-0.39, 0.29) is 5.41 Å². The number of carbonyl (C=O) groups is 1. The first-order valence-corrected chi connectivity index (χ1v) is 7.53.